The number of benzene rings is 1. The van der Waals surface area contributed by atoms with Crippen molar-refractivity contribution in [2.75, 3.05) is 0 Å². The lowest BCUT2D eigenvalue weighted by Gasteiger charge is -2.50. The molecule has 0 aliphatic heterocycles. The minimum atomic E-state index is 0.649. The van der Waals surface area contributed by atoms with Gasteiger partial charge in [-0.25, -0.2) is 0 Å². The Labute approximate surface area is 226 Å². The standard InChI is InChI=1S/C19H25IS.C4H8.4C2H6/c1-12-3-8-18-17-6-4-13-11-14(21-20)5-7-15(13)16(17)9-10-19(12,18)2;1-3-4-2;4*1-2/h5,7,11-12,16-18H,3-4,6,8-10H2,1-2H3;3H,1,4H2,2H3;4*1-2H3. The molecule has 0 heterocycles. The lowest BCUT2D eigenvalue weighted by molar-refractivity contribution is 0.0336. The third kappa shape index (κ3) is 9.21. The summed E-state index contributed by atoms with van der Waals surface area (Å²) in [6, 6.07) is 7.28. The molecule has 3 aliphatic rings. The second kappa shape index (κ2) is 20.3. The van der Waals surface area contributed by atoms with Crippen molar-refractivity contribution in [1.29, 1.82) is 0 Å². The fourth-order valence-corrected chi connectivity index (χ4v) is 7.00. The van der Waals surface area contributed by atoms with E-state index in [-0.39, 0.29) is 0 Å². The predicted octanol–water partition coefficient (Wildman–Crippen LogP) is 12.3. The van der Waals surface area contributed by atoms with Gasteiger partial charge in [-0.3, -0.25) is 0 Å². The topological polar surface area (TPSA) is 0 Å². The molecule has 1 aromatic carbocycles. The minimum absolute atomic E-state index is 0.649. The number of hydrogen-bond donors (Lipinski definition) is 0. The van der Waals surface area contributed by atoms with Crippen LogP contribution in [0.2, 0.25) is 0 Å². The summed E-state index contributed by atoms with van der Waals surface area (Å²) in [6.45, 7) is 26.7. The molecular weight excluding hydrogens is 531 g/mol. The first-order valence-electron chi connectivity index (χ1n) is 14.1. The Kier molecular flexibility index (Phi) is 21.6. The molecule has 0 saturated heterocycles. The molecule has 0 bridgehead atoms. The van der Waals surface area contributed by atoms with Gasteiger partial charge in [0.15, 0.2) is 0 Å². The quantitative estimate of drug-likeness (QED) is 0.245. The first-order valence-corrected chi connectivity index (χ1v) is 17.4. The first-order chi connectivity index (χ1) is 16.0. The van der Waals surface area contributed by atoms with Crippen molar-refractivity contribution >= 4 is 30.1 Å². The Hall–Kier alpha value is 0.0400. The molecule has 3 aliphatic carbocycles. The van der Waals surface area contributed by atoms with E-state index in [1.165, 1.54) is 43.4 Å². The average Bonchev–Trinajstić information content (AvgIpc) is 3.22. The van der Waals surface area contributed by atoms with Crippen LogP contribution in [0.15, 0.2) is 35.7 Å². The van der Waals surface area contributed by atoms with Gasteiger partial charge in [0.05, 0.1) is 0 Å². The van der Waals surface area contributed by atoms with E-state index in [9.17, 15) is 0 Å². The van der Waals surface area contributed by atoms with Crippen LogP contribution in [0.5, 0.6) is 0 Å². The maximum absolute atomic E-state index is 3.48. The van der Waals surface area contributed by atoms with Crippen molar-refractivity contribution in [3.63, 3.8) is 0 Å². The summed E-state index contributed by atoms with van der Waals surface area (Å²) in [4.78, 5) is 1.43. The van der Waals surface area contributed by atoms with Crippen molar-refractivity contribution in [2.45, 2.75) is 132 Å². The van der Waals surface area contributed by atoms with Crippen molar-refractivity contribution < 1.29 is 0 Å². The number of rotatable bonds is 2. The third-order valence-corrected chi connectivity index (χ3v) is 9.51. The van der Waals surface area contributed by atoms with Gasteiger partial charge in [-0.1, -0.05) is 97.2 Å². The molecule has 0 amide bonds. The first kappa shape index (κ1) is 35.2. The summed E-state index contributed by atoms with van der Waals surface area (Å²) in [7, 11) is 1.86. The fourth-order valence-electron chi connectivity index (χ4n) is 5.87. The average molecular weight is 589 g/mol. The largest absolute Gasteiger partial charge is 0.103 e. The van der Waals surface area contributed by atoms with E-state index in [1.54, 1.807) is 11.1 Å². The van der Waals surface area contributed by atoms with E-state index in [1.807, 2.05) is 70.4 Å². The summed E-state index contributed by atoms with van der Waals surface area (Å²) < 4.78 is 0. The highest BCUT2D eigenvalue weighted by Crippen LogP contribution is 2.62. The van der Waals surface area contributed by atoms with E-state index in [4.69, 9.17) is 0 Å². The van der Waals surface area contributed by atoms with Crippen molar-refractivity contribution in [2.24, 2.45) is 23.2 Å². The number of fused-ring (bicyclic) bond motifs is 5. The molecule has 4 rings (SSSR count). The molecule has 1 aromatic rings. The van der Waals surface area contributed by atoms with Gasteiger partial charge in [-0.15, -0.1) is 6.58 Å². The molecule has 33 heavy (non-hydrogen) atoms. The van der Waals surface area contributed by atoms with Crippen molar-refractivity contribution in [3.8, 4) is 0 Å². The van der Waals surface area contributed by atoms with Gasteiger partial charge in [0.1, 0.15) is 0 Å². The van der Waals surface area contributed by atoms with Crippen LogP contribution in [-0.2, 0) is 6.42 Å². The molecule has 0 N–H and O–H groups in total. The zero-order valence-corrected chi connectivity index (χ0v) is 27.0. The summed E-state index contributed by atoms with van der Waals surface area (Å²) in [5.41, 5.74) is 4.02. The lowest BCUT2D eigenvalue weighted by atomic mass is 9.54. The SMILES string of the molecule is C=CCC.CC.CC.CC.CC.CC1CCC2C3CCc4cc(SI)ccc4C3CCC12C. The third-order valence-electron chi connectivity index (χ3n) is 7.55. The van der Waals surface area contributed by atoms with Crippen LogP contribution in [-0.4, -0.2) is 0 Å². The van der Waals surface area contributed by atoms with Gasteiger partial charge >= 0.3 is 0 Å². The Balaban J connectivity index is 0. The second-order valence-electron chi connectivity index (χ2n) is 8.57. The van der Waals surface area contributed by atoms with Crippen LogP contribution in [0, 0.1) is 23.2 Å². The van der Waals surface area contributed by atoms with Gasteiger partial charge in [0.25, 0.3) is 0 Å². The van der Waals surface area contributed by atoms with Crippen LogP contribution in [0.1, 0.15) is 132 Å². The molecule has 2 heteroatoms. The molecule has 5 unspecified atom stereocenters. The van der Waals surface area contributed by atoms with Crippen molar-refractivity contribution in [3.05, 3.63) is 42.0 Å². The minimum Gasteiger partial charge on any atom is -0.103 e. The van der Waals surface area contributed by atoms with E-state index in [2.05, 4.69) is 66.8 Å². The zero-order chi connectivity index (χ0) is 26.0. The van der Waals surface area contributed by atoms with E-state index in [0.717, 1.165) is 30.1 Å². The fraction of sp³-hybridized carbons (Fsp3) is 0.742. The van der Waals surface area contributed by atoms with Gasteiger partial charge in [0, 0.05) is 26.1 Å². The second-order valence-corrected chi connectivity index (χ2v) is 10.5. The molecule has 2 fully saturated rings. The Morgan fingerprint density at radius 1 is 1.00 bits per heavy atom. The molecule has 2 saturated carbocycles. The van der Waals surface area contributed by atoms with Gasteiger partial charge in [-0.05, 0) is 97.3 Å². The van der Waals surface area contributed by atoms with Gasteiger partial charge < -0.3 is 0 Å². The number of allylic oxidation sites excluding steroid dienone is 1. The molecule has 0 aromatic heterocycles. The van der Waals surface area contributed by atoms with E-state index in [0.29, 0.717) is 5.41 Å². The monoisotopic (exact) mass is 588 g/mol. The number of halogens is 1. The normalized spacial score (nSPS) is 27.8. The maximum Gasteiger partial charge on any atom is 0.0181 e. The van der Waals surface area contributed by atoms with Crippen molar-refractivity contribution in [1.82, 2.24) is 0 Å². The molecular formula is C31H57IS. The smallest absolute Gasteiger partial charge is 0.0181 e. The molecule has 0 nitrogen and oxygen atoms in total. The Morgan fingerprint density at radius 2 is 1.58 bits per heavy atom. The number of hydrogen-bond acceptors (Lipinski definition) is 1. The van der Waals surface area contributed by atoms with Gasteiger partial charge in [0.2, 0.25) is 0 Å². The summed E-state index contributed by atoms with van der Waals surface area (Å²) in [5.74, 6) is 3.78. The summed E-state index contributed by atoms with van der Waals surface area (Å²) >= 11 is 2.41. The van der Waals surface area contributed by atoms with Gasteiger partial charge in [-0.2, -0.15) is 0 Å². The Morgan fingerprint density at radius 3 is 2.09 bits per heavy atom. The highest BCUT2D eigenvalue weighted by atomic mass is 127. The van der Waals surface area contributed by atoms with E-state index < -0.39 is 0 Å². The molecule has 0 spiro atoms. The predicted molar refractivity (Wildman–Crippen MR) is 166 cm³/mol. The summed E-state index contributed by atoms with van der Waals surface area (Å²) in [6.07, 6.45) is 11.6. The summed E-state index contributed by atoms with van der Waals surface area (Å²) in [5, 5.41) is 0. The molecule has 5 atom stereocenters. The lowest BCUT2D eigenvalue weighted by Crippen LogP contribution is -2.41. The zero-order valence-electron chi connectivity index (χ0n) is 24.1. The van der Waals surface area contributed by atoms with Crippen LogP contribution in [0.25, 0.3) is 0 Å². The molecule has 0 radical (unpaired) electrons. The maximum atomic E-state index is 3.48. The highest BCUT2D eigenvalue weighted by Gasteiger charge is 2.53. The van der Waals surface area contributed by atoms with Crippen LogP contribution < -0.4 is 0 Å². The van der Waals surface area contributed by atoms with Crippen LogP contribution >= 0.6 is 30.1 Å². The van der Waals surface area contributed by atoms with E-state index >= 15 is 0 Å². The number of aryl methyl sites for hydroxylation is 1. The highest BCUT2D eigenvalue weighted by molar-refractivity contribution is 14.2. The molecule has 194 valence electrons. The van der Waals surface area contributed by atoms with Crippen LogP contribution in [0.3, 0.4) is 0 Å². The van der Waals surface area contributed by atoms with Crippen LogP contribution in [0.4, 0.5) is 0 Å². The Bertz CT molecular complexity index is 611.